The number of para-hydroxylation sites is 1. The Morgan fingerprint density at radius 1 is 1.10 bits per heavy atom. The lowest BCUT2D eigenvalue weighted by Gasteiger charge is -2.18. The van der Waals surface area contributed by atoms with Gasteiger partial charge in [-0.1, -0.05) is 18.2 Å². The van der Waals surface area contributed by atoms with E-state index in [1.165, 1.54) is 42.7 Å². The molecule has 2 aromatic rings. The molecule has 3 heteroatoms. The summed E-state index contributed by atoms with van der Waals surface area (Å²) in [6, 6.07) is 14.7. The minimum Gasteiger partial charge on any atom is -0.372 e. The average molecular weight is 343 g/mol. The molecule has 0 saturated carbocycles. The third kappa shape index (κ3) is 3.35. The molecule has 0 spiro atoms. The first-order chi connectivity index (χ1) is 10.2. The van der Waals surface area contributed by atoms with Gasteiger partial charge < -0.3 is 4.90 Å². The Morgan fingerprint density at radius 3 is 2.57 bits per heavy atom. The van der Waals surface area contributed by atoms with Crippen molar-refractivity contribution in [3.05, 3.63) is 58.1 Å². The molecule has 0 amide bonds. The molecule has 0 aliphatic carbocycles. The third-order valence-electron chi connectivity index (χ3n) is 3.92. The van der Waals surface area contributed by atoms with Gasteiger partial charge >= 0.3 is 0 Å². The maximum absolute atomic E-state index is 4.58. The maximum atomic E-state index is 4.58. The highest BCUT2D eigenvalue weighted by atomic mass is 79.9. The second-order valence-corrected chi connectivity index (χ2v) is 6.30. The van der Waals surface area contributed by atoms with Crippen LogP contribution >= 0.6 is 15.9 Å². The first kappa shape index (κ1) is 14.3. The quantitative estimate of drug-likeness (QED) is 0.707. The van der Waals surface area contributed by atoms with Crippen LogP contribution in [0.25, 0.3) is 0 Å². The van der Waals surface area contributed by atoms with Crippen LogP contribution in [0.4, 0.5) is 11.4 Å². The summed E-state index contributed by atoms with van der Waals surface area (Å²) in [5, 5.41) is 0. The molecule has 2 nitrogen and oxygen atoms in total. The number of aryl methyl sites for hydroxylation is 1. The molecule has 108 valence electrons. The van der Waals surface area contributed by atoms with Crippen molar-refractivity contribution in [2.45, 2.75) is 19.8 Å². The molecule has 1 saturated heterocycles. The van der Waals surface area contributed by atoms with Crippen molar-refractivity contribution in [3.63, 3.8) is 0 Å². The van der Waals surface area contributed by atoms with Crippen LogP contribution in [-0.4, -0.2) is 19.3 Å². The van der Waals surface area contributed by atoms with Gasteiger partial charge in [-0.3, -0.25) is 4.99 Å². The van der Waals surface area contributed by atoms with Crippen molar-refractivity contribution in [2.24, 2.45) is 4.99 Å². The van der Waals surface area contributed by atoms with E-state index in [-0.39, 0.29) is 0 Å². The van der Waals surface area contributed by atoms with E-state index in [1.807, 2.05) is 30.5 Å². The fraction of sp³-hybridized carbons (Fsp3) is 0.278. The molecular weight excluding hydrogens is 324 g/mol. The summed E-state index contributed by atoms with van der Waals surface area (Å²) < 4.78 is 1.02. The largest absolute Gasteiger partial charge is 0.372 e. The topological polar surface area (TPSA) is 15.6 Å². The van der Waals surface area contributed by atoms with Crippen LogP contribution in [0.2, 0.25) is 0 Å². The number of hydrogen-bond donors (Lipinski definition) is 0. The van der Waals surface area contributed by atoms with Gasteiger partial charge in [0.2, 0.25) is 0 Å². The molecule has 0 atom stereocenters. The van der Waals surface area contributed by atoms with E-state index < -0.39 is 0 Å². The lowest BCUT2D eigenvalue weighted by molar-refractivity contribution is 0.949. The van der Waals surface area contributed by atoms with Gasteiger partial charge in [-0.15, -0.1) is 0 Å². The standard InChI is InChI=1S/C18H19BrN2/c1-14-12-16(21-10-4-5-11-21)9-8-15(14)13-20-18-7-3-2-6-17(18)19/h2-3,6-9,12-13H,4-5,10-11H2,1H3. The number of aliphatic imine (C=N–C) groups is 1. The second-order valence-electron chi connectivity index (χ2n) is 5.44. The number of benzene rings is 2. The molecule has 3 rings (SSSR count). The molecule has 1 aliphatic rings. The van der Waals surface area contributed by atoms with Crippen molar-refractivity contribution in [2.75, 3.05) is 18.0 Å². The fourth-order valence-electron chi connectivity index (χ4n) is 2.67. The zero-order valence-electron chi connectivity index (χ0n) is 12.2. The average Bonchev–Trinajstić information content (AvgIpc) is 3.02. The van der Waals surface area contributed by atoms with E-state index in [9.17, 15) is 0 Å². The van der Waals surface area contributed by atoms with Gasteiger partial charge in [-0.05, 0) is 71.1 Å². The van der Waals surface area contributed by atoms with Gasteiger partial charge in [-0.2, -0.15) is 0 Å². The van der Waals surface area contributed by atoms with Crippen LogP contribution in [0.5, 0.6) is 0 Å². The Labute approximate surface area is 134 Å². The summed E-state index contributed by atoms with van der Waals surface area (Å²) in [4.78, 5) is 7.04. The van der Waals surface area contributed by atoms with Crippen molar-refractivity contribution >= 4 is 33.5 Å². The Kier molecular flexibility index (Phi) is 4.39. The highest BCUT2D eigenvalue weighted by Crippen LogP contribution is 2.25. The Hall–Kier alpha value is -1.61. The lowest BCUT2D eigenvalue weighted by Crippen LogP contribution is -2.17. The van der Waals surface area contributed by atoms with Crippen LogP contribution in [-0.2, 0) is 0 Å². The molecule has 0 aromatic heterocycles. The van der Waals surface area contributed by atoms with Crippen LogP contribution in [0.15, 0.2) is 51.9 Å². The molecule has 2 aromatic carbocycles. The highest BCUT2D eigenvalue weighted by molar-refractivity contribution is 9.10. The van der Waals surface area contributed by atoms with Crippen molar-refractivity contribution < 1.29 is 0 Å². The Balaban J connectivity index is 1.81. The number of halogens is 1. The summed E-state index contributed by atoms with van der Waals surface area (Å²) in [6.45, 7) is 4.52. The Morgan fingerprint density at radius 2 is 1.86 bits per heavy atom. The first-order valence-electron chi connectivity index (χ1n) is 7.38. The monoisotopic (exact) mass is 342 g/mol. The zero-order chi connectivity index (χ0) is 14.7. The molecule has 1 heterocycles. The van der Waals surface area contributed by atoms with E-state index in [0.29, 0.717) is 0 Å². The van der Waals surface area contributed by atoms with Gasteiger partial charge in [0.25, 0.3) is 0 Å². The number of anilines is 1. The number of hydrogen-bond acceptors (Lipinski definition) is 2. The van der Waals surface area contributed by atoms with Gasteiger partial charge in [0.05, 0.1) is 5.69 Å². The molecule has 21 heavy (non-hydrogen) atoms. The third-order valence-corrected chi connectivity index (χ3v) is 4.59. The summed E-state index contributed by atoms with van der Waals surface area (Å²) in [5.74, 6) is 0. The van der Waals surface area contributed by atoms with Crippen molar-refractivity contribution in [3.8, 4) is 0 Å². The SMILES string of the molecule is Cc1cc(N2CCCC2)ccc1C=Nc1ccccc1Br. The minimum absolute atomic E-state index is 0.959. The molecular formula is C18H19BrN2. The molecule has 0 radical (unpaired) electrons. The van der Waals surface area contributed by atoms with Gasteiger partial charge in [-0.25, -0.2) is 0 Å². The Bertz CT molecular complexity index is 658. The van der Waals surface area contributed by atoms with Gasteiger partial charge in [0, 0.05) is 29.5 Å². The highest BCUT2D eigenvalue weighted by Gasteiger charge is 2.12. The molecule has 0 bridgehead atoms. The minimum atomic E-state index is 0.959. The fourth-order valence-corrected chi connectivity index (χ4v) is 3.06. The molecule has 1 aliphatic heterocycles. The summed E-state index contributed by atoms with van der Waals surface area (Å²) in [7, 11) is 0. The first-order valence-corrected chi connectivity index (χ1v) is 8.17. The molecule has 0 unspecified atom stereocenters. The second kappa shape index (κ2) is 6.44. The van der Waals surface area contributed by atoms with Crippen LogP contribution in [0, 0.1) is 6.92 Å². The van der Waals surface area contributed by atoms with Crippen molar-refractivity contribution in [1.29, 1.82) is 0 Å². The number of rotatable bonds is 3. The van der Waals surface area contributed by atoms with E-state index in [1.54, 1.807) is 0 Å². The van der Waals surface area contributed by atoms with Crippen LogP contribution in [0.1, 0.15) is 24.0 Å². The predicted molar refractivity (Wildman–Crippen MR) is 94.0 cm³/mol. The summed E-state index contributed by atoms with van der Waals surface area (Å²) >= 11 is 3.52. The predicted octanol–water partition coefficient (Wildman–Crippen LogP) is 5.11. The number of nitrogens with zero attached hydrogens (tertiary/aromatic N) is 2. The van der Waals surface area contributed by atoms with E-state index in [4.69, 9.17) is 0 Å². The van der Waals surface area contributed by atoms with Crippen LogP contribution < -0.4 is 4.90 Å². The van der Waals surface area contributed by atoms with E-state index >= 15 is 0 Å². The van der Waals surface area contributed by atoms with Gasteiger partial charge in [0.15, 0.2) is 0 Å². The summed E-state index contributed by atoms with van der Waals surface area (Å²) in [6.07, 6.45) is 4.57. The van der Waals surface area contributed by atoms with Crippen molar-refractivity contribution in [1.82, 2.24) is 0 Å². The lowest BCUT2D eigenvalue weighted by atomic mass is 10.1. The summed E-state index contributed by atoms with van der Waals surface area (Å²) in [5.41, 5.74) is 4.74. The molecule has 0 N–H and O–H groups in total. The molecule has 1 fully saturated rings. The van der Waals surface area contributed by atoms with Crippen LogP contribution in [0.3, 0.4) is 0 Å². The normalized spacial score (nSPS) is 15.0. The van der Waals surface area contributed by atoms with Gasteiger partial charge in [0.1, 0.15) is 0 Å². The zero-order valence-corrected chi connectivity index (χ0v) is 13.8. The van der Waals surface area contributed by atoms with E-state index in [2.05, 4.69) is 50.9 Å². The van der Waals surface area contributed by atoms with E-state index in [0.717, 1.165) is 10.2 Å². The maximum Gasteiger partial charge on any atom is 0.0771 e. The smallest absolute Gasteiger partial charge is 0.0771 e.